The predicted octanol–water partition coefficient (Wildman–Crippen LogP) is 6.53. The highest BCUT2D eigenvalue weighted by molar-refractivity contribution is 6.08. The van der Waals surface area contributed by atoms with Crippen molar-refractivity contribution >= 4 is 27.8 Å². The number of ether oxygens (including phenoxy) is 1. The Hall–Kier alpha value is -3.07. The third-order valence-electron chi connectivity index (χ3n) is 5.78. The van der Waals surface area contributed by atoms with Gasteiger partial charge >= 0.3 is 5.97 Å². The van der Waals surface area contributed by atoms with Crippen LogP contribution in [0.15, 0.2) is 66.7 Å². The second-order valence-corrected chi connectivity index (χ2v) is 7.61. The number of esters is 1. The van der Waals surface area contributed by atoms with E-state index in [2.05, 4.69) is 60.9 Å². The van der Waals surface area contributed by atoms with Crippen molar-refractivity contribution in [3.8, 4) is 0 Å². The van der Waals surface area contributed by atoms with E-state index in [0.29, 0.717) is 18.1 Å². The molecule has 3 aromatic carbocycles. The molecule has 1 heterocycles. The van der Waals surface area contributed by atoms with Crippen LogP contribution in [0.1, 0.15) is 54.6 Å². The first-order chi connectivity index (χ1) is 14.1. The summed E-state index contributed by atoms with van der Waals surface area (Å²) in [5.41, 5.74) is 5.62. The number of fused-ring (bicyclic) bond motifs is 3. The Morgan fingerprint density at radius 2 is 1.66 bits per heavy atom. The van der Waals surface area contributed by atoms with Crippen LogP contribution in [0.3, 0.4) is 0 Å². The summed E-state index contributed by atoms with van der Waals surface area (Å²) in [4.78, 5) is 11.9. The highest BCUT2D eigenvalue weighted by Crippen LogP contribution is 2.32. The molecule has 0 fully saturated rings. The summed E-state index contributed by atoms with van der Waals surface area (Å²) >= 11 is 0. The standard InChI is InChI=1S/C26H27NO2/c1-4-18(3)21-14-15-25-23(16-21)22-8-6-7-9-24(22)27(25)17-19-10-12-20(13-11-19)26(28)29-5-2/h6-16,18H,4-5,17H2,1-3H3. The molecule has 0 aliphatic heterocycles. The maximum absolute atomic E-state index is 11.9. The van der Waals surface area contributed by atoms with E-state index in [0.717, 1.165) is 18.5 Å². The summed E-state index contributed by atoms with van der Waals surface area (Å²) in [6.07, 6.45) is 1.14. The summed E-state index contributed by atoms with van der Waals surface area (Å²) in [5.74, 6) is 0.283. The van der Waals surface area contributed by atoms with Gasteiger partial charge in [-0.25, -0.2) is 4.79 Å². The van der Waals surface area contributed by atoms with Crippen LogP contribution in [0.4, 0.5) is 0 Å². The molecular formula is C26H27NO2. The number of benzene rings is 3. The molecule has 0 aliphatic carbocycles. The summed E-state index contributed by atoms with van der Waals surface area (Å²) in [6, 6.07) is 23.2. The van der Waals surface area contributed by atoms with Crippen LogP contribution in [0.25, 0.3) is 21.8 Å². The lowest BCUT2D eigenvalue weighted by Gasteiger charge is -2.11. The normalized spacial score (nSPS) is 12.4. The van der Waals surface area contributed by atoms with Crippen molar-refractivity contribution < 1.29 is 9.53 Å². The first-order valence-electron chi connectivity index (χ1n) is 10.4. The largest absolute Gasteiger partial charge is 0.462 e. The highest BCUT2D eigenvalue weighted by atomic mass is 16.5. The van der Waals surface area contributed by atoms with Crippen LogP contribution in [0.2, 0.25) is 0 Å². The van der Waals surface area contributed by atoms with Gasteiger partial charge < -0.3 is 9.30 Å². The van der Waals surface area contributed by atoms with Crippen LogP contribution >= 0.6 is 0 Å². The van der Waals surface area contributed by atoms with E-state index in [-0.39, 0.29) is 5.97 Å². The minimum atomic E-state index is -0.270. The van der Waals surface area contributed by atoms with Crippen molar-refractivity contribution in [2.45, 2.75) is 39.7 Å². The molecule has 0 spiro atoms. The molecule has 0 aliphatic rings. The molecule has 0 amide bonds. The Labute approximate surface area is 171 Å². The van der Waals surface area contributed by atoms with E-state index < -0.39 is 0 Å². The van der Waals surface area contributed by atoms with Crippen molar-refractivity contribution in [1.82, 2.24) is 4.57 Å². The van der Waals surface area contributed by atoms with Gasteiger partial charge in [-0.2, -0.15) is 0 Å². The van der Waals surface area contributed by atoms with Crippen molar-refractivity contribution in [2.24, 2.45) is 0 Å². The Balaban J connectivity index is 1.76. The van der Waals surface area contributed by atoms with E-state index >= 15 is 0 Å². The monoisotopic (exact) mass is 385 g/mol. The smallest absolute Gasteiger partial charge is 0.338 e. The SMILES string of the molecule is CCOC(=O)c1ccc(Cn2c3ccccc3c3cc(C(C)CC)ccc32)cc1. The Morgan fingerprint density at radius 1 is 0.931 bits per heavy atom. The molecule has 3 nitrogen and oxygen atoms in total. The number of para-hydroxylation sites is 1. The molecule has 4 rings (SSSR count). The zero-order valence-electron chi connectivity index (χ0n) is 17.3. The summed E-state index contributed by atoms with van der Waals surface area (Å²) in [7, 11) is 0. The number of rotatable bonds is 6. The topological polar surface area (TPSA) is 31.2 Å². The molecule has 29 heavy (non-hydrogen) atoms. The van der Waals surface area contributed by atoms with Gasteiger partial charge in [0.2, 0.25) is 0 Å². The molecule has 1 aromatic heterocycles. The number of hydrogen-bond donors (Lipinski definition) is 0. The molecule has 3 heteroatoms. The van der Waals surface area contributed by atoms with Crippen LogP contribution in [-0.2, 0) is 11.3 Å². The maximum Gasteiger partial charge on any atom is 0.338 e. The van der Waals surface area contributed by atoms with Crippen molar-refractivity contribution in [1.29, 1.82) is 0 Å². The zero-order chi connectivity index (χ0) is 20.4. The van der Waals surface area contributed by atoms with Gasteiger partial charge in [0.15, 0.2) is 0 Å². The van der Waals surface area contributed by atoms with E-state index in [1.165, 1.54) is 27.4 Å². The quantitative estimate of drug-likeness (QED) is 0.353. The molecule has 0 saturated carbocycles. The number of aromatic nitrogens is 1. The first kappa shape index (κ1) is 19.3. The third kappa shape index (κ3) is 3.65. The summed E-state index contributed by atoms with van der Waals surface area (Å²) in [6.45, 7) is 7.49. The molecule has 1 unspecified atom stereocenters. The number of hydrogen-bond acceptors (Lipinski definition) is 2. The average molecular weight is 386 g/mol. The second-order valence-electron chi connectivity index (χ2n) is 7.61. The van der Waals surface area contributed by atoms with Crippen molar-refractivity contribution in [3.05, 3.63) is 83.4 Å². The molecule has 0 N–H and O–H groups in total. The van der Waals surface area contributed by atoms with Gasteiger partial charge in [-0.15, -0.1) is 0 Å². The lowest BCUT2D eigenvalue weighted by molar-refractivity contribution is 0.0526. The van der Waals surface area contributed by atoms with Crippen LogP contribution in [0, 0.1) is 0 Å². The summed E-state index contributed by atoms with van der Waals surface area (Å²) in [5, 5.41) is 2.59. The second kappa shape index (κ2) is 8.12. The predicted molar refractivity (Wildman–Crippen MR) is 120 cm³/mol. The molecule has 0 saturated heterocycles. The molecule has 0 bridgehead atoms. The number of carbonyl (C=O) groups excluding carboxylic acids is 1. The fourth-order valence-electron chi connectivity index (χ4n) is 3.93. The van der Waals surface area contributed by atoms with Gasteiger partial charge in [-0.3, -0.25) is 0 Å². The zero-order valence-corrected chi connectivity index (χ0v) is 17.3. The van der Waals surface area contributed by atoms with Gasteiger partial charge in [0, 0.05) is 28.4 Å². The molecule has 4 aromatic rings. The van der Waals surface area contributed by atoms with Gasteiger partial charge in [-0.1, -0.05) is 50.2 Å². The van der Waals surface area contributed by atoms with Gasteiger partial charge in [0.25, 0.3) is 0 Å². The number of carbonyl (C=O) groups is 1. The Morgan fingerprint density at radius 3 is 2.38 bits per heavy atom. The lowest BCUT2D eigenvalue weighted by Crippen LogP contribution is -2.05. The average Bonchev–Trinajstić information content (AvgIpc) is 3.07. The third-order valence-corrected chi connectivity index (χ3v) is 5.78. The van der Waals surface area contributed by atoms with Gasteiger partial charge in [0.05, 0.1) is 12.2 Å². The molecule has 0 radical (unpaired) electrons. The van der Waals surface area contributed by atoms with Crippen molar-refractivity contribution in [3.63, 3.8) is 0 Å². The molecule has 1 atom stereocenters. The van der Waals surface area contributed by atoms with Crippen LogP contribution in [0.5, 0.6) is 0 Å². The fraction of sp³-hybridized carbons (Fsp3) is 0.269. The van der Waals surface area contributed by atoms with Gasteiger partial charge in [-0.05, 0) is 60.7 Å². The van der Waals surface area contributed by atoms with Crippen molar-refractivity contribution in [2.75, 3.05) is 6.61 Å². The minimum absolute atomic E-state index is 0.270. The van der Waals surface area contributed by atoms with E-state index in [1.54, 1.807) is 0 Å². The van der Waals surface area contributed by atoms with E-state index in [9.17, 15) is 4.79 Å². The molecule has 148 valence electrons. The Bertz CT molecular complexity index is 1150. The Kier molecular flexibility index (Phi) is 5.39. The van der Waals surface area contributed by atoms with Crippen LogP contribution in [-0.4, -0.2) is 17.1 Å². The summed E-state index contributed by atoms with van der Waals surface area (Å²) < 4.78 is 7.45. The van der Waals surface area contributed by atoms with Gasteiger partial charge in [0.1, 0.15) is 0 Å². The fourth-order valence-corrected chi connectivity index (χ4v) is 3.93. The number of nitrogens with zero attached hydrogens (tertiary/aromatic N) is 1. The molecular weight excluding hydrogens is 358 g/mol. The van der Waals surface area contributed by atoms with E-state index in [4.69, 9.17) is 4.74 Å². The van der Waals surface area contributed by atoms with E-state index in [1.807, 2.05) is 31.2 Å². The first-order valence-corrected chi connectivity index (χ1v) is 10.4. The minimum Gasteiger partial charge on any atom is -0.462 e. The highest BCUT2D eigenvalue weighted by Gasteiger charge is 2.13. The lowest BCUT2D eigenvalue weighted by atomic mass is 9.97. The van der Waals surface area contributed by atoms with Crippen LogP contribution < -0.4 is 0 Å². The maximum atomic E-state index is 11.9.